The third-order valence-corrected chi connectivity index (χ3v) is 6.19. The van der Waals surface area contributed by atoms with E-state index in [1.54, 1.807) is 12.1 Å². The summed E-state index contributed by atoms with van der Waals surface area (Å²) in [5, 5.41) is 0.209. The van der Waals surface area contributed by atoms with Crippen molar-refractivity contribution in [3.63, 3.8) is 0 Å². The van der Waals surface area contributed by atoms with E-state index < -0.39 is 29.7 Å². The van der Waals surface area contributed by atoms with Gasteiger partial charge in [0.1, 0.15) is 22.0 Å². The molecule has 3 nitrogen and oxygen atoms in total. The average molecular weight is 423 g/mol. The lowest BCUT2D eigenvalue weighted by atomic mass is 9.89. The maximum absolute atomic E-state index is 14.5. The van der Waals surface area contributed by atoms with Crippen LogP contribution < -0.4 is 5.48 Å². The fourth-order valence-corrected chi connectivity index (χ4v) is 4.81. The molecule has 0 spiro atoms. The molecule has 1 atom stereocenters. The summed E-state index contributed by atoms with van der Waals surface area (Å²) in [7, 11) is 0. The number of rotatable bonds is 6. The van der Waals surface area contributed by atoms with Crippen LogP contribution in [0.2, 0.25) is 5.02 Å². The van der Waals surface area contributed by atoms with Gasteiger partial charge >= 0.3 is 6.08 Å². The molecule has 0 saturated heterocycles. The van der Waals surface area contributed by atoms with Crippen molar-refractivity contribution >= 4 is 34.7 Å². The largest absolute Gasteiger partial charge is 0.415 e. The Labute approximate surface area is 159 Å². The number of nitrogens with zero attached hydrogens (tertiary/aromatic N) is 1. The number of thioether (sulfide) groups is 1. The molecule has 0 amide bonds. The molecule has 2 aromatic rings. The van der Waals surface area contributed by atoms with Crippen molar-refractivity contribution in [3.8, 4) is 0 Å². The fraction of sp³-hybridized carbons (Fsp3) is 0.188. The van der Waals surface area contributed by atoms with Gasteiger partial charge in [0.15, 0.2) is 5.83 Å². The minimum atomic E-state index is -2.31. The highest BCUT2D eigenvalue weighted by molar-refractivity contribution is 8.01. The molecule has 1 N–H and O–H groups in total. The third-order valence-electron chi connectivity index (χ3n) is 3.59. The minimum absolute atomic E-state index is 0.101. The van der Waals surface area contributed by atoms with Gasteiger partial charge in [-0.25, -0.2) is 13.8 Å². The molecule has 2 heterocycles. The summed E-state index contributed by atoms with van der Waals surface area (Å²) in [6.45, 7) is 0. The molecule has 10 heteroatoms. The normalized spacial score (nSPS) is 18.8. The van der Waals surface area contributed by atoms with Crippen molar-refractivity contribution in [2.24, 2.45) is 0 Å². The summed E-state index contributed by atoms with van der Waals surface area (Å²) in [5.74, 6) is -1.85. The molecule has 1 unspecified atom stereocenters. The minimum Gasteiger partial charge on any atom is -0.415 e. The third kappa shape index (κ3) is 3.75. The smallest absolute Gasteiger partial charge is 0.301 e. The van der Waals surface area contributed by atoms with E-state index in [0.717, 1.165) is 11.8 Å². The van der Waals surface area contributed by atoms with Gasteiger partial charge in [0.2, 0.25) is 0 Å². The van der Waals surface area contributed by atoms with Gasteiger partial charge < -0.3 is 4.84 Å². The van der Waals surface area contributed by atoms with Gasteiger partial charge in [-0.1, -0.05) is 29.4 Å². The highest BCUT2D eigenvalue weighted by Gasteiger charge is 2.41. The predicted octanol–water partition coefficient (Wildman–Crippen LogP) is 5.79. The Morgan fingerprint density at radius 2 is 2.15 bits per heavy atom. The Morgan fingerprint density at radius 1 is 1.35 bits per heavy atom. The van der Waals surface area contributed by atoms with Crippen molar-refractivity contribution in [2.75, 3.05) is 5.75 Å². The lowest BCUT2D eigenvalue weighted by molar-refractivity contribution is 0.113. The van der Waals surface area contributed by atoms with Crippen LogP contribution in [0.5, 0.6) is 0 Å². The van der Waals surface area contributed by atoms with E-state index in [9.17, 15) is 17.6 Å². The Bertz CT molecular complexity index is 849. The molecule has 138 valence electrons. The molecule has 0 radical (unpaired) electrons. The van der Waals surface area contributed by atoms with Gasteiger partial charge in [-0.3, -0.25) is 0 Å². The second-order valence-electron chi connectivity index (χ2n) is 5.18. The summed E-state index contributed by atoms with van der Waals surface area (Å²) in [6, 6.07) is 4.34. The average Bonchev–Trinajstić information content (AvgIpc) is 3.24. The van der Waals surface area contributed by atoms with Gasteiger partial charge in [0, 0.05) is 29.0 Å². The van der Waals surface area contributed by atoms with E-state index in [1.165, 1.54) is 35.9 Å². The second-order valence-corrected chi connectivity index (χ2v) is 7.96. The molecule has 1 aliphatic heterocycles. The summed E-state index contributed by atoms with van der Waals surface area (Å²) < 4.78 is 52.0. The van der Waals surface area contributed by atoms with Gasteiger partial charge in [0.25, 0.3) is 0 Å². The first-order chi connectivity index (χ1) is 12.4. The first-order valence-electron chi connectivity index (χ1n) is 7.28. The zero-order valence-corrected chi connectivity index (χ0v) is 15.3. The summed E-state index contributed by atoms with van der Waals surface area (Å²) in [6.07, 6.45) is 1.80. The van der Waals surface area contributed by atoms with Crippen LogP contribution in [0.25, 0.3) is 0 Å². The van der Waals surface area contributed by atoms with Gasteiger partial charge in [-0.05, 0) is 18.2 Å². The molecular formula is C16H11ClF4N2OS2. The number of halogens is 5. The van der Waals surface area contributed by atoms with E-state index in [1.807, 2.05) is 0 Å². The van der Waals surface area contributed by atoms with Crippen LogP contribution in [0, 0.1) is 5.82 Å². The number of nitrogens with one attached hydrogen (secondary N) is 1. The lowest BCUT2D eigenvalue weighted by Crippen LogP contribution is -2.37. The van der Waals surface area contributed by atoms with Crippen molar-refractivity contribution in [2.45, 2.75) is 16.3 Å². The van der Waals surface area contributed by atoms with E-state index in [2.05, 4.69) is 10.5 Å². The molecule has 1 aliphatic rings. The zero-order valence-electron chi connectivity index (χ0n) is 12.9. The van der Waals surface area contributed by atoms with Crippen LogP contribution >= 0.6 is 34.7 Å². The van der Waals surface area contributed by atoms with Crippen molar-refractivity contribution in [1.29, 1.82) is 0 Å². The molecule has 1 aromatic heterocycles. The van der Waals surface area contributed by atoms with Crippen LogP contribution in [0.4, 0.5) is 17.6 Å². The van der Waals surface area contributed by atoms with Gasteiger partial charge in [-0.2, -0.15) is 8.78 Å². The molecule has 3 rings (SSSR count). The standard InChI is InChI=1S/C16H11ClF4N2OS2/c17-9-2-1-3-10(18)13(9)16(5-6-24-23-16)12-8-22-15(26-12)25-7-4-11(19)14(20)21/h1-3,5-6,8,23H,4,7H2. The van der Waals surface area contributed by atoms with Gasteiger partial charge in [0.05, 0.1) is 4.88 Å². The van der Waals surface area contributed by atoms with Crippen LogP contribution in [-0.2, 0) is 10.4 Å². The van der Waals surface area contributed by atoms with Crippen molar-refractivity contribution < 1.29 is 22.4 Å². The van der Waals surface area contributed by atoms with E-state index >= 15 is 0 Å². The first-order valence-corrected chi connectivity index (χ1v) is 9.46. The SMILES string of the molecule is FC(F)=C(F)CCSc1ncc(C2(c3c(F)cccc3Cl)C=CON2)s1. The summed E-state index contributed by atoms with van der Waals surface area (Å²) in [5.41, 5.74) is 1.77. The fourth-order valence-electron chi connectivity index (χ4n) is 2.39. The lowest BCUT2D eigenvalue weighted by Gasteiger charge is -2.26. The van der Waals surface area contributed by atoms with E-state index in [4.69, 9.17) is 16.4 Å². The van der Waals surface area contributed by atoms with E-state index in [-0.39, 0.29) is 16.3 Å². The molecule has 26 heavy (non-hydrogen) atoms. The van der Waals surface area contributed by atoms with E-state index in [0.29, 0.717) is 9.22 Å². The van der Waals surface area contributed by atoms with Crippen LogP contribution in [0.1, 0.15) is 16.9 Å². The van der Waals surface area contributed by atoms with Crippen molar-refractivity contribution in [1.82, 2.24) is 10.5 Å². The highest BCUT2D eigenvalue weighted by Crippen LogP contribution is 2.43. The Hall–Kier alpha value is -1.55. The van der Waals surface area contributed by atoms with Crippen LogP contribution in [0.15, 0.2) is 53.0 Å². The molecule has 0 fully saturated rings. The second kappa shape index (κ2) is 7.99. The number of hydrogen-bond acceptors (Lipinski definition) is 5. The zero-order chi connectivity index (χ0) is 18.7. The Kier molecular flexibility index (Phi) is 5.91. The molecule has 0 aliphatic carbocycles. The number of hydrogen-bond donors (Lipinski definition) is 1. The number of hydroxylamine groups is 1. The summed E-state index contributed by atoms with van der Waals surface area (Å²) >= 11 is 8.53. The molecule has 0 saturated carbocycles. The number of allylic oxidation sites excluding steroid dienone is 1. The van der Waals surface area contributed by atoms with Crippen LogP contribution in [-0.4, -0.2) is 10.7 Å². The quantitative estimate of drug-likeness (QED) is 0.472. The maximum Gasteiger partial charge on any atom is 0.301 e. The Balaban J connectivity index is 1.86. The monoisotopic (exact) mass is 422 g/mol. The number of benzene rings is 1. The molecule has 0 bridgehead atoms. The van der Waals surface area contributed by atoms with Gasteiger partial charge in [-0.15, -0.1) is 16.8 Å². The molecular weight excluding hydrogens is 412 g/mol. The van der Waals surface area contributed by atoms with Crippen molar-refractivity contribution in [3.05, 3.63) is 69.9 Å². The summed E-state index contributed by atoms with van der Waals surface area (Å²) in [4.78, 5) is 9.89. The first kappa shape index (κ1) is 19.2. The highest BCUT2D eigenvalue weighted by atomic mass is 35.5. The number of aromatic nitrogens is 1. The van der Waals surface area contributed by atoms with Crippen LogP contribution in [0.3, 0.4) is 0 Å². The number of thiazole rings is 1. The molecule has 1 aromatic carbocycles. The topological polar surface area (TPSA) is 34.1 Å². The predicted molar refractivity (Wildman–Crippen MR) is 93.4 cm³/mol. The Morgan fingerprint density at radius 3 is 2.81 bits per heavy atom. The maximum atomic E-state index is 14.5.